The van der Waals surface area contributed by atoms with Crippen LogP contribution in [0.25, 0.3) is 12.2 Å². The molecule has 0 atom stereocenters. The van der Waals surface area contributed by atoms with Crippen LogP contribution in [0.2, 0.25) is 10.0 Å². The number of thiazole rings is 1. The summed E-state index contributed by atoms with van der Waals surface area (Å²) < 4.78 is 4.85. The number of esters is 1. The molecule has 2 N–H and O–H groups in total. The van der Waals surface area contributed by atoms with Crippen molar-refractivity contribution in [3.05, 3.63) is 47.8 Å². The number of methoxy groups -OCH3 is 1. The molecule has 120 valence electrons. The third-order valence-corrected chi connectivity index (χ3v) is 4.20. The highest BCUT2D eigenvalue weighted by atomic mass is 35.5. The van der Waals surface area contributed by atoms with Crippen LogP contribution in [0.5, 0.6) is 0 Å². The van der Waals surface area contributed by atoms with Gasteiger partial charge in [0, 0.05) is 12.2 Å². The molecule has 2 aromatic rings. The Morgan fingerprint density at radius 2 is 1.91 bits per heavy atom. The van der Waals surface area contributed by atoms with E-state index in [0.717, 1.165) is 17.4 Å². The van der Waals surface area contributed by atoms with E-state index >= 15 is 0 Å². The Bertz CT molecular complexity index is 913. The first-order chi connectivity index (χ1) is 10.9. The molecule has 0 saturated carbocycles. The van der Waals surface area contributed by atoms with Gasteiger partial charge in [0.15, 0.2) is 0 Å². The summed E-state index contributed by atoms with van der Waals surface area (Å²) in [4.78, 5) is 37.2. The van der Waals surface area contributed by atoms with Crippen LogP contribution in [0, 0.1) is 0 Å². The van der Waals surface area contributed by atoms with E-state index in [2.05, 4.69) is 15.0 Å². The molecule has 0 radical (unpaired) electrons. The number of H-pyrrole nitrogens is 1. The fourth-order valence-corrected chi connectivity index (χ4v) is 2.92. The number of amides is 1. The van der Waals surface area contributed by atoms with Crippen LogP contribution in [0.1, 0.15) is 0 Å². The number of halogens is 2. The molecule has 2 rings (SSSR count). The third kappa shape index (κ3) is 4.44. The molecule has 6 nitrogen and oxygen atoms in total. The quantitative estimate of drug-likeness (QED) is 0.790. The minimum absolute atomic E-state index is 0.131. The summed E-state index contributed by atoms with van der Waals surface area (Å²) >= 11 is 12.9. The molecule has 0 aliphatic rings. The largest absolute Gasteiger partial charge is 0.466 e. The Morgan fingerprint density at radius 3 is 2.52 bits per heavy atom. The number of ether oxygens (including phenoxy) is 1. The molecule has 23 heavy (non-hydrogen) atoms. The van der Waals surface area contributed by atoms with Crippen LogP contribution in [0.4, 0.5) is 5.69 Å². The van der Waals surface area contributed by atoms with E-state index in [9.17, 15) is 14.4 Å². The zero-order valence-electron chi connectivity index (χ0n) is 11.7. The van der Waals surface area contributed by atoms with Gasteiger partial charge in [0.1, 0.15) is 9.20 Å². The molecule has 0 aliphatic carbocycles. The van der Waals surface area contributed by atoms with Gasteiger partial charge in [-0.05, 0) is 12.1 Å². The lowest BCUT2D eigenvalue weighted by molar-refractivity contribution is -0.133. The highest BCUT2D eigenvalue weighted by molar-refractivity contribution is 7.07. The number of carbonyl (C=O) groups is 2. The number of aromatic amines is 1. The molecule has 0 bridgehead atoms. The van der Waals surface area contributed by atoms with Crippen molar-refractivity contribution in [1.82, 2.24) is 4.98 Å². The second-order valence-corrected chi connectivity index (χ2v) is 6.08. The van der Waals surface area contributed by atoms with Crippen molar-refractivity contribution < 1.29 is 14.3 Å². The van der Waals surface area contributed by atoms with Gasteiger partial charge in [-0.15, -0.1) is 11.3 Å². The molecule has 0 fully saturated rings. The molecule has 0 unspecified atom stereocenters. The van der Waals surface area contributed by atoms with Crippen LogP contribution in [0.15, 0.2) is 23.0 Å². The van der Waals surface area contributed by atoms with Crippen LogP contribution < -0.4 is 20.1 Å². The summed E-state index contributed by atoms with van der Waals surface area (Å²) in [5, 5.41) is 3.11. The van der Waals surface area contributed by atoms with E-state index in [0.29, 0.717) is 10.0 Å². The maximum Gasteiger partial charge on any atom is 0.332 e. The van der Waals surface area contributed by atoms with Crippen LogP contribution in [-0.4, -0.2) is 24.0 Å². The zero-order chi connectivity index (χ0) is 17.0. The molecule has 0 spiro atoms. The first kappa shape index (κ1) is 17.3. The molecule has 1 aromatic heterocycles. The Labute approximate surface area is 144 Å². The Hall–Kier alpha value is -2.09. The highest BCUT2D eigenvalue weighted by Gasteiger charge is 2.08. The second-order valence-electron chi connectivity index (χ2n) is 4.18. The normalized spacial score (nSPS) is 12.3. The average molecular weight is 373 g/mol. The fourth-order valence-electron chi connectivity index (χ4n) is 1.59. The number of rotatable bonds is 3. The highest BCUT2D eigenvalue weighted by Crippen LogP contribution is 2.29. The van der Waals surface area contributed by atoms with Gasteiger partial charge in [0.2, 0.25) is 0 Å². The number of carbonyl (C=O) groups excluding carboxylic acids is 2. The van der Waals surface area contributed by atoms with Gasteiger partial charge in [-0.25, -0.2) is 4.79 Å². The minimum Gasteiger partial charge on any atom is -0.466 e. The lowest BCUT2D eigenvalue weighted by Gasteiger charge is -2.06. The number of aromatic nitrogens is 1. The number of hydrogen-bond donors (Lipinski definition) is 2. The summed E-state index contributed by atoms with van der Waals surface area (Å²) in [6.07, 6.45) is 2.21. The summed E-state index contributed by atoms with van der Waals surface area (Å²) in [5.41, 5.74) is -0.215. The van der Waals surface area contributed by atoms with Crippen molar-refractivity contribution in [2.75, 3.05) is 12.4 Å². The van der Waals surface area contributed by atoms with Crippen LogP contribution in [-0.2, 0) is 14.3 Å². The zero-order valence-corrected chi connectivity index (χ0v) is 14.0. The first-order valence-electron chi connectivity index (χ1n) is 6.16. The fraction of sp³-hybridized carbons (Fsp3) is 0.0714. The molecular weight excluding hydrogens is 363 g/mol. The maximum atomic E-state index is 12.0. The van der Waals surface area contributed by atoms with Crippen molar-refractivity contribution in [1.29, 1.82) is 0 Å². The summed E-state index contributed by atoms with van der Waals surface area (Å²) in [6.45, 7) is 0. The number of anilines is 1. The molecule has 0 saturated heterocycles. The third-order valence-electron chi connectivity index (χ3n) is 2.60. The van der Waals surface area contributed by atoms with Crippen molar-refractivity contribution in [2.24, 2.45) is 0 Å². The first-order valence-corrected chi connectivity index (χ1v) is 7.73. The predicted octanol–water partition coefficient (Wildman–Crippen LogP) is 1.12. The van der Waals surface area contributed by atoms with Gasteiger partial charge in [-0.2, -0.15) is 0 Å². The monoisotopic (exact) mass is 372 g/mol. The average Bonchev–Trinajstić information content (AvgIpc) is 2.82. The van der Waals surface area contributed by atoms with E-state index in [1.165, 1.54) is 13.2 Å². The number of para-hydroxylation sites is 1. The van der Waals surface area contributed by atoms with Gasteiger partial charge in [0.05, 0.1) is 22.8 Å². The van der Waals surface area contributed by atoms with Crippen molar-refractivity contribution in [3.8, 4) is 0 Å². The molecule has 1 heterocycles. The summed E-state index contributed by atoms with van der Waals surface area (Å²) in [7, 11) is 1.20. The van der Waals surface area contributed by atoms with Gasteiger partial charge in [0.25, 0.3) is 11.5 Å². The van der Waals surface area contributed by atoms with E-state index in [4.69, 9.17) is 23.2 Å². The van der Waals surface area contributed by atoms with Crippen molar-refractivity contribution in [3.63, 3.8) is 0 Å². The molecule has 0 aliphatic heterocycles. The Morgan fingerprint density at radius 1 is 1.26 bits per heavy atom. The smallest absolute Gasteiger partial charge is 0.332 e. The van der Waals surface area contributed by atoms with E-state index < -0.39 is 17.4 Å². The van der Waals surface area contributed by atoms with Gasteiger partial charge in [-0.3, -0.25) is 9.59 Å². The standard InChI is InChI=1S/C14H10Cl2N2O4S/c1-22-12(20)5-9-14(21)18-11(23-9)6-10(19)17-13-7(15)3-2-4-8(13)16/h2-6H,1H3,(H,17,19)(H,18,21)/b9-5-,11-6-. The number of benzene rings is 1. The van der Waals surface area contributed by atoms with Crippen molar-refractivity contribution >= 4 is 64.3 Å². The lowest BCUT2D eigenvalue weighted by atomic mass is 10.3. The van der Waals surface area contributed by atoms with Crippen LogP contribution in [0.3, 0.4) is 0 Å². The topological polar surface area (TPSA) is 88.3 Å². The summed E-state index contributed by atoms with van der Waals surface area (Å²) in [6, 6.07) is 4.81. The Balaban J connectivity index is 2.31. The number of hydrogen-bond acceptors (Lipinski definition) is 5. The molecular formula is C14H10Cl2N2O4S. The van der Waals surface area contributed by atoms with Gasteiger partial charge < -0.3 is 15.0 Å². The van der Waals surface area contributed by atoms with Crippen LogP contribution >= 0.6 is 34.5 Å². The minimum atomic E-state index is -0.656. The summed E-state index contributed by atoms with van der Waals surface area (Å²) in [5.74, 6) is -1.18. The van der Waals surface area contributed by atoms with E-state index in [-0.39, 0.29) is 14.9 Å². The Kier molecular flexibility index (Phi) is 5.59. The SMILES string of the molecule is COC(=O)/C=c1\s/c(=C\C(=O)Nc2c(Cl)cccc2Cl)[nH]c1=O. The predicted molar refractivity (Wildman–Crippen MR) is 90.2 cm³/mol. The molecule has 9 heteroatoms. The lowest BCUT2D eigenvalue weighted by Crippen LogP contribution is -2.21. The molecule has 1 aromatic carbocycles. The van der Waals surface area contributed by atoms with Crippen molar-refractivity contribution in [2.45, 2.75) is 0 Å². The molecule has 1 amide bonds. The van der Waals surface area contributed by atoms with Gasteiger partial charge >= 0.3 is 5.97 Å². The van der Waals surface area contributed by atoms with Gasteiger partial charge in [-0.1, -0.05) is 29.3 Å². The second kappa shape index (κ2) is 7.45. The van der Waals surface area contributed by atoms with E-state index in [1.54, 1.807) is 18.2 Å². The number of nitrogens with one attached hydrogen (secondary N) is 2. The van der Waals surface area contributed by atoms with E-state index in [1.807, 2.05) is 0 Å². The maximum absolute atomic E-state index is 12.0.